The van der Waals surface area contributed by atoms with Crippen LogP contribution in [-0.4, -0.2) is 13.2 Å². The van der Waals surface area contributed by atoms with Crippen LogP contribution in [0.4, 0.5) is 0 Å². The van der Waals surface area contributed by atoms with E-state index in [1.54, 1.807) is 0 Å². The molecule has 2 bridgehead atoms. The Balaban J connectivity index is 2.11. The van der Waals surface area contributed by atoms with Crippen molar-refractivity contribution < 1.29 is 4.74 Å². The lowest BCUT2D eigenvalue weighted by Gasteiger charge is -2.21. The van der Waals surface area contributed by atoms with Gasteiger partial charge in [-0.2, -0.15) is 0 Å². The van der Waals surface area contributed by atoms with Crippen LogP contribution >= 0.6 is 0 Å². The van der Waals surface area contributed by atoms with Crippen molar-refractivity contribution in [1.82, 2.24) is 0 Å². The van der Waals surface area contributed by atoms with Gasteiger partial charge < -0.3 is 4.74 Å². The van der Waals surface area contributed by atoms with Crippen LogP contribution in [0.25, 0.3) is 0 Å². The molecule has 0 heterocycles. The summed E-state index contributed by atoms with van der Waals surface area (Å²) < 4.78 is 5.33. The number of allylic oxidation sites excluding steroid dienone is 1. The molecule has 1 heteroatoms. The molecular formula is C9H14O. The highest BCUT2D eigenvalue weighted by Gasteiger charge is 2.31. The van der Waals surface area contributed by atoms with Gasteiger partial charge in [0.1, 0.15) is 0 Å². The van der Waals surface area contributed by atoms with Crippen molar-refractivity contribution in [3.05, 3.63) is 12.2 Å². The van der Waals surface area contributed by atoms with Gasteiger partial charge in [-0.15, -0.1) is 0 Å². The summed E-state index contributed by atoms with van der Waals surface area (Å²) in [6.45, 7) is 0. The standard InChI is InChI=1S/C9H14O/c1-10-9-5-3-7-2-4-8(9)6-7/h3,5,7-9H,2,4,6H2,1H3/t7-,8-,9-/m1/s1. The molecule has 56 valence electrons. The van der Waals surface area contributed by atoms with Crippen molar-refractivity contribution in [2.24, 2.45) is 11.8 Å². The molecular weight excluding hydrogens is 124 g/mol. The van der Waals surface area contributed by atoms with Gasteiger partial charge in [0, 0.05) is 7.11 Å². The minimum Gasteiger partial charge on any atom is -0.377 e. The molecule has 0 N–H and O–H groups in total. The Morgan fingerprint density at radius 3 is 3.00 bits per heavy atom. The Morgan fingerprint density at radius 1 is 1.30 bits per heavy atom. The van der Waals surface area contributed by atoms with Crippen molar-refractivity contribution >= 4 is 0 Å². The van der Waals surface area contributed by atoms with Crippen LogP contribution < -0.4 is 0 Å². The van der Waals surface area contributed by atoms with Crippen LogP contribution in [0.2, 0.25) is 0 Å². The van der Waals surface area contributed by atoms with Crippen LogP contribution in [0.5, 0.6) is 0 Å². The molecule has 0 aromatic carbocycles. The smallest absolute Gasteiger partial charge is 0.0780 e. The molecule has 1 fully saturated rings. The van der Waals surface area contributed by atoms with Gasteiger partial charge in [-0.25, -0.2) is 0 Å². The van der Waals surface area contributed by atoms with Crippen LogP contribution in [-0.2, 0) is 4.74 Å². The molecule has 0 unspecified atom stereocenters. The second kappa shape index (κ2) is 2.39. The summed E-state index contributed by atoms with van der Waals surface area (Å²) in [5, 5.41) is 0. The first-order valence-corrected chi connectivity index (χ1v) is 4.11. The highest BCUT2D eigenvalue weighted by Crippen LogP contribution is 2.38. The maximum Gasteiger partial charge on any atom is 0.0780 e. The van der Waals surface area contributed by atoms with Gasteiger partial charge in [-0.1, -0.05) is 12.2 Å². The van der Waals surface area contributed by atoms with Gasteiger partial charge in [0.15, 0.2) is 0 Å². The maximum absolute atomic E-state index is 5.33. The molecule has 0 saturated heterocycles. The van der Waals surface area contributed by atoms with Crippen molar-refractivity contribution in [3.8, 4) is 0 Å². The third-order valence-corrected chi connectivity index (χ3v) is 2.82. The zero-order chi connectivity index (χ0) is 6.97. The molecule has 2 aliphatic rings. The molecule has 0 amide bonds. The van der Waals surface area contributed by atoms with E-state index in [1.807, 2.05) is 7.11 Å². The highest BCUT2D eigenvalue weighted by atomic mass is 16.5. The number of hydrogen-bond acceptors (Lipinski definition) is 1. The minimum atomic E-state index is 0.429. The van der Waals surface area contributed by atoms with Gasteiger partial charge >= 0.3 is 0 Å². The Morgan fingerprint density at radius 2 is 2.20 bits per heavy atom. The summed E-state index contributed by atoms with van der Waals surface area (Å²) in [4.78, 5) is 0. The van der Waals surface area contributed by atoms with E-state index in [0.717, 1.165) is 11.8 Å². The third kappa shape index (κ3) is 0.891. The molecule has 2 rings (SSSR count). The molecule has 2 aliphatic carbocycles. The molecule has 10 heavy (non-hydrogen) atoms. The van der Waals surface area contributed by atoms with Crippen LogP contribution in [0, 0.1) is 11.8 Å². The summed E-state index contributed by atoms with van der Waals surface area (Å²) in [7, 11) is 1.81. The molecule has 0 radical (unpaired) electrons. The summed E-state index contributed by atoms with van der Waals surface area (Å²) in [5.74, 6) is 1.72. The first-order valence-electron chi connectivity index (χ1n) is 4.11. The summed E-state index contributed by atoms with van der Waals surface area (Å²) in [6.07, 6.45) is 9.13. The molecule has 3 atom stereocenters. The first-order chi connectivity index (χ1) is 4.90. The van der Waals surface area contributed by atoms with Crippen LogP contribution in [0.1, 0.15) is 19.3 Å². The number of ether oxygens (including phenoxy) is 1. The summed E-state index contributed by atoms with van der Waals surface area (Å²) in [6, 6.07) is 0. The Hall–Kier alpha value is -0.300. The number of fused-ring (bicyclic) bond motifs is 2. The lowest BCUT2D eigenvalue weighted by molar-refractivity contribution is 0.0871. The van der Waals surface area contributed by atoms with Crippen molar-refractivity contribution in [3.63, 3.8) is 0 Å². The maximum atomic E-state index is 5.33. The topological polar surface area (TPSA) is 9.23 Å². The first kappa shape index (κ1) is 6.41. The molecule has 1 saturated carbocycles. The number of rotatable bonds is 1. The summed E-state index contributed by atoms with van der Waals surface area (Å²) >= 11 is 0. The van der Waals surface area contributed by atoms with Crippen molar-refractivity contribution in [2.75, 3.05) is 7.11 Å². The number of methoxy groups -OCH3 is 1. The molecule has 0 aromatic rings. The average Bonchev–Trinajstić information content (AvgIpc) is 2.34. The quantitative estimate of drug-likeness (QED) is 0.503. The van der Waals surface area contributed by atoms with E-state index in [0.29, 0.717) is 6.10 Å². The largest absolute Gasteiger partial charge is 0.377 e. The molecule has 0 aliphatic heterocycles. The van der Waals surface area contributed by atoms with Crippen LogP contribution in [0.3, 0.4) is 0 Å². The van der Waals surface area contributed by atoms with E-state index in [-0.39, 0.29) is 0 Å². The van der Waals surface area contributed by atoms with E-state index >= 15 is 0 Å². The number of hydrogen-bond donors (Lipinski definition) is 0. The second-order valence-corrected chi connectivity index (χ2v) is 3.42. The van der Waals surface area contributed by atoms with Gasteiger partial charge in [-0.3, -0.25) is 0 Å². The van der Waals surface area contributed by atoms with Gasteiger partial charge in [0.05, 0.1) is 6.10 Å². The van der Waals surface area contributed by atoms with Crippen LogP contribution in [0.15, 0.2) is 12.2 Å². The highest BCUT2D eigenvalue weighted by molar-refractivity contribution is 5.06. The van der Waals surface area contributed by atoms with E-state index in [4.69, 9.17) is 4.74 Å². The molecule has 1 nitrogen and oxygen atoms in total. The van der Waals surface area contributed by atoms with E-state index in [1.165, 1.54) is 19.3 Å². The fourth-order valence-electron chi connectivity index (χ4n) is 2.22. The van der Waals surface area contributed by atoms with Gasteiger partial charge in [0.25, 0.3) is 0 Å². The van der Waals surface area contributed by atoms with Gasteiger partial charge in [0.2, 0.25) is 0 Å². The third-order valence-electron chi connectivity index (χ3n) is 2.82. The molecule has 0 spiro atoms. The Kier molecular flexibility index (Phi) is 1.53. The average molecular weight is 138 g/mol. The Bertz CT molecular complexity index is 151. The van der Waals surface area contributed by atoms with Gasteiger partial charge in [-0.05, 0) is 31.1 Å². The predicted octanol–water partition coefficient (Wildman–Crippen LogP) is 1.99. The van der Waals surface area contributed by atoms with Crippen molar-refractivity contribution in [2.45, 2.75) is 25.4 Å². The summed E-state index contributed by atoms with van der Waals surface area (Å²) in [5.41, 5.74) is 0. The zero-order valence-corrected chi connectivity index (χ0v) is 6.42. The SMILES string of the molecule is CO[C@@H]1C=C[C@H]2CC[C@@H]1C2. The van der Waals surface area contributed by atoms with E-state index < -0.39 is 0 Å². The van der Waals surface area contributed by atoms with Crippen molar-refractivity contribution in [1.29, 1.82) is 0 Å². The normalized spacial score (nSPS) is 44.3. The van der Waals surface area contributed by atoms with E-state index in [9.17, 15) is 0 Å². The second-order valence-electron chi connectivity index (χ2n) is 3.42. The predicted molar refractivity (Wildman–Crippen MR) is 40.8 cm³/mol. The monoisotopic (exact) mass is 138 g/mol. The fourth-order valence-corrected chi connectivity index (χ4v) is 2.22. The Labute approximate surface area is 62.1 Å². The lowest BCUT2D eigenvalue weighted by Crippen LogP contribution is -2.20. The lowest BCUT2D eigenvalue weighted by atomic mass is 9.93. The van der Waals surface area contributed by atoms with E-state index in [2.05, 4.69) is 12.2 Å². The fraction of sp³-hybridized carbons (Fsp3) is 0.778. The molecule has 0 aromatic heterocycles. The zero-order valence-electron chi connectivity index (χ0n) is 6.42. The minimum absolute atomic E-state index is 0.429.